The van der Waals surface area contributed by atoms with Crippen LogP contribution in [0.1, 0.15) is 75.3 Å². The van der Waals surface area contributed by atoms with E-state index in [1.807, 2.05) is 19.1 Å². The van der Waals surface area contributed by atoms with E-state index in [-0.39, 0.29) is 11.8 Å². The quantitative estimate of drug-likeness (QED) is 0.557. The second kappa shape index (κ2) is 10.7. The van der Waals surface area contributed by atoms with Crippen LogP contribution in [0.15, 0.2) is 54.6 Å². The van der Waals surface area contributed by atoms with Crippen LogP contribution in [-0.2, 0) is 5.60 Å². The van der Waals surface area contributed by atoms with Gasteiger partial charge in [0, 0.05) is 12.5 Å². The molecule has 2 aliphatic rings. The molecule has 3 heteroatoms. The molecule has 0 bridgehead atoms. The van der Waals surface area contributed by atoms with Crippen LogP contribution in [-0.4, -0.2) is 36.2 Å². The fourth-order valence-corrected chi connectivity index (χ4v) is 5.83. The summed E-state index contributed by atoms with van der Waals surface area (Å²) in [5.74, 6) is 1.23. The summed E-state index contributed by atoms with van der Waals surface area (Å²) < 4.78 is 5.70. The number of nitrogens with zero attached hydrogens (tertiary/aromatic N) is 1. The highest BCUT2D eigenvalue weighted by Crippen LogP contribution is 2.49. The van der Waals surface area contributed by atoms with Crippen LogP contribution in [0.25, 0.3) is 0 Å². The highest BCUT2D eigenvalue weighted by molar-refractivity contribution is 5.36. The first kappa shape index (κ1) is 22.4. The molecule has 1 aliphatic heterocycles. The van der Waals surface area contributed by atoms with E-state index >= 15 is 0 Å². The monoisotopic (exact) mass is 421 g/mol. The summed E-state index contributed by atoms with van der Waals surface area (Å²) in [5, 5.41) is 12.7. The first-order chi connectivity index (χ1) is 15.2. The van der Waals surface area contributed by atoms with Crippen molar-refractivity contribution in [1.29, 1.82) is 0 Å². The predicted octanol–water partition coefficient (Wildman–Crippen LogP) is 6.12. The fourth-order valence-electron chi connectivity index (χ4n) is 5.83. The molecule has 1 saturated heterocycles. The van der Waals surface area contributed by atoms with Crippen molar-refractivity contribution in [3.05, 3.63) is 65.7 Å². The number of piperidine rings is 1. The maximum Gasteiger partial charge on any atom is 0.119 e. The molecule has 1 heterocycles. The Labute approximate surface area is 188 Å². The molecule has 31 heavy (non-hydrogen) atoms. The SMILES string of the molecule is CCOc1ccc(C(O)(C2CCCCC2)C(CN2CCCCC2)c2ccccc2)cc1. The minimum atomic E-state index is -0.871. The van der Waals surface area contributed by atoms with Crippen LogP contribution >= 0.6 is 0 Å². The van der Waals surface area contributed by atoms with Crippen LogP contribution in [0.5, 0.6) is 5.75 Å². The Hall–Kier alpha value is -1.84. The van der Waals surface area contributed by atoms with Gasteiger partial charge in [-0.1, -0.05) is 68.1 Å². The van der Waals surface area contributed by atoms with E-state index in [4.69, 9.17) is 4.74 Å². The van der Waals surface area contributed by atoms with E-state index in [9.17, 15) is 5.11 Å². The van der Waals surface area contributed by atoms with Crippen LogP contribution in [0.4, 0.5) is 0 Å². The van der Waals surface area contributed by atoms with E-state index < -0.39 is 5.60 Å². The molecule has 3 nitrogen and oxygen atoms in total. The lowest BCUT2D eigenvalue weighted by molar-refractivity contribution is -0.0710. The van der Waals surface area contributed by atoms with Crippen molar-refractivity contribution in [1.82, 2.24) is 4.90 Å². The van der Waals surface area contributed by atoms with Crippen molar-refractivity contribution < 1.29 is 9.84 Å². The van der Waals surface area contributed by atoms with E-state index in [2.05, 4.69) is 47.4 Å². The maximum atomic E-state index is 12.7. The maximum absolute atomic E-state index is 12.7. The summed E-state index contributed by atoms with van der Waals surface area (Å²) >= 11 is 0. The molecule has 0 radical (unpaired) electrons. The Kier molecular flexibility index (Phi) is 7.68. The fraction of sp³-hybridized carbons (Fsp3) is 0.571. The average Bonchev–Trinajstić information content (AvgIpc) is 2.84. The molecule has 0 aromatic heterocycles. The Morgan fingerprint density at radius 1 is 0.903 bits per heavy atom. The average molecular weight is 422 g/mol. The number of hydrogen-bond acceptors (Lipinski definition) is 3. The van der Waals surface area contributed by atoms with Crippen LogP contribution < -0.4 is 4.74 Å². The number of aliphatic hydroxyl groups is 1. The van der Waals surface area contributed by atoms with Gasteiger partial charge in [-0.2, -0.15) is 0 Å². The summed E-state index contributed by atoms with van der Waals surface area (Å²) in [4.78, 5) is 2.59. The third kappa shape index (κ3) is 5.15. The Bertz CT molecular complexity index is 778. The van der Waals surface area contributed by atoms with E-state index in [0.29, 0.717) is 6.61 Å². The molecule has 1 aliphatic carbocycles. The lowest BCUT2D eigenvalue weighted by Gasteiger charge is -2.46. The van der Waals surface area contributed by atoms with Gasteiger partial charge in [0.1, 0.15) is 11.4 Å². The molecule has 2 fully saturated rings. The van der Waals surface area contributed by atoms with Crippen molar-refractivity contribution in [2.45, 2.75) is 69.8 Å². The van der Waals surface area contributed by atoms with E-state index in [1.54, 1.807) is 0 Å². The zero-order chi connectivity index (χ0) is 21.5. The molecule has 0 spiro atoms. The van der Waals surface area contributed by atoms with Gasteiger partial charge in [0.15, 0.2) is 0 Å². The van der Waals surface area contributed by atoms with Crippen LogP contribution in [0.2, 0.25) is 0 Å². The van der Waals surface area contributed by atoms with Crippen LogP contribution in [0.3, 0.4) is 0 Å². The second-order valence-electron chi connectivity index (χ2n) is 9.44. The van der Waals surface area contributed by atoms with Gasteiger partial charge < -0.3 is 14.7 Å². The van der Waals surface area contributed by atoms with Gasteiger partial charge in [-0.25, -0.2) is 0 Å². The van der Waals surface area contributed by atoms with Crippen LogP contribution in [0, 0.1) is 5.92 Å². The Balaban J connectivity index is 1.75. The molecule has 2 aromatic carbocycles. The van der Waals surface area contributed by atoms with Gasteiger partial charge in [-0.3, -0.25) is 0 Å². The summed E-state index contributed by atoms with van der Waals surface area (Å²) in [7, 11) is 0. The summed E-state index contributed by atoms with van der Waals surface area (Å²) in [5.41, 5.74) is 1.44. The first-order valence-corrected chi connectivity index (χ1v) is 12.4. The van der Waals surface area contributed by atoms with Gasteiger partial charge in [0.25, 0.3) is 0 Å². The summed E-state index contributed by atoms with van der Waals surface area (Å²) in [6, 6.07) is 19.1. The minimum Gasteiger partial charge on any atom is -0.494 e. The Morgan fingerprint density at radius 2 is 1.55 bits per heavy atom. The molecule has 2 unspecified atom stereocenters. The van der Waals surface area contributed by atoms with Crippen molar-refractivity contribution in [3.8, 4) is 5.75 Å². The molecule has 4 rings (SSSR count). The lowest BCUT2D eigenvalue weighted by Crippen LogP contribution is -2.47. The smallest absolute Gasteiger partial charge is 0.119 e. The van der Waals surface area contributed by atoms with Gasteiger partial charge in [0.05, 0.1) is 6.61 Å². The third-order valence-electron chi connectivity index (χ3n) is 7.48. The molecular weight excluding hydrogens is 382 g/mol. The zero-order valence-corrected chi connectivity index (χ0v) is 19.1. The Morgan fingerprint density at radius 3 is 2.19 bits per heavy atom. The van der Waals surface area contributed by atoms with Crippen molar-refractivity contribution in [2.24, 2.45) is 5.92 Å². The minimum absolute atomic E-state index is 0.0628. The van der Waals surface area contributed by atoms with E-state index in [0.717, 1.165) is 43.8 Å². The molecule has 1 saturated carbocycles. The van der Waals surface area contributed by atoms with Gasteiger partial charge in [-0.05, 0) is 74.9 Å². The highest BCUT2D eigenvalue weighted by Gasteiger charge is 2.46. The number of likely N-dealkylation sites (tertiary alicyclic amines) is 1. The number of ether oxygens (including phenoxy) is 1. The van der Waals surface area contributed by atoms with E-state index in [1.165, 1.54) is 44.1 Å². The van der Waals surface area contributed by atoms with Gasteiger partial charge >= 0.3 is 0 Å². The topological polar surface area (TPSA) is 32.7 Å². The van der Waals surface area contributed by atoms with Gasteiger partial charge in [-0.15, -0.1) is 0 Å². The standard InChI is InChI=1S/C28H39NO2/c1-2-31-26-18-16-25(17-19-26)28(30,24-14-8-4-9-15-24)27(23-12-6-3-7-13-23)22-29-20-10-5-11-21-29/h3,6-7,12-13,16-19,24,27,30H,2,4-5,8-11,14-15,20-22H2,1H3. The first-order valence-electron chi connectivity index (χ1n) is 12.4. The van der Waals surface area contributed by atoms with Crippen molar-refractivity contribution >= 4 is 0 Å². The molecule has 1 N–H and O–H groups in total. The normalized spacial score (nSPS) is 21.4. The number of rotatable bonds is 8. The molecule has 0 amide bonds. The van der Waals surface area contributed by atoms with Crippen molar-refractivity contribution in [2.75, 3.05) is 26.2 Å². The van der Waals surface area contributed by atoms with Gasteiger partial charge in [0.2, 0.25) is 0 Å². The molecule has 2 atom stereocenters. The number of benzene rings is 2. The molecular formula is C28H39NO2. The third-order valence-corrected chi connectivity index (χ3v) is 7.48. The zero-order valence-electron chi connectivity index (χ0n) is 19.1. The number of hydrogen-bond donors (Lipinski definition) is 1. The largest absolute Gasteiger partial charge is 0.494 e. The predicted molar refractivity (Wildman–Crippen MR) is 128 cm³/mol. The second-order valence-corrected chi connectivity index (χ2v) is 9.44. The lowest BCUT2D eigenvalue weighted by atomic mass is 9.65. The van der Waals surface area contributed by atoms with Crippen molar-refractivity contribution in [3.63, 3.8) is 0 Å². The molecule has 2 aromatic rings. The summed E-state index contributed by atoms with van der Waals surface area (Å²) in [6.07, 6.45) is 9.81. The molecule has 168 valence electrons. The highest BCUT2D eigenvalue weighted by atomic mass is 16.5. The summed E-state index contributed by atoms with van der Waals surface area (Å²) in [6.45, 7) is 5.88.